The van der Waals surface area contributed by atoms with Gasteiger partial charge in [-0.3, -0.25) is 0 Å². The summed E-state index contributed by atoms with van der Waals surface area (Å²) >= 11 is 0. The number of unbranched alkanes of at least 4 members (excludes halogenated alkanes) is 1. The van der Waals surface area contributed by atoms with E-state index in [4.69, 9.17) is 5.11 Å². The van der Waals surface area contributed by atoms with E-state index in [-0.39, 0.29) is 11.5 Å². The van der Waals surface area contributed by atoms with Crippen LogP contribution < -0.4 is 5.32 Å². The zero-order chi connectivity index (χ0) is 12.8. The maximum absolute atomic E-state index is 11.0. The first kappa shape index (κ1) is 13.4. The molecule has 0 atom stereocenters. The quantitative estimate of drug-likeness (QED) is 0.743. The van der Waals surface area contributed by atoms with Crippen LogP contribution in [0.25, 0.3) is 0 Å². The van der Waals surface area contributed by atoms with Crippen molar-refractivity contribution in [1.29, 1.82) is 0 Å². The van der Waals surface area contributed by atoms with Crippen molar-refractivity contribution in [1.82, 2.24) is 9.97 Å². The smallest absolute Gasteiger partial charge is 0.341 e. The molecule has 0 unspecified atom stereocenters. The molecular weight excluding hydrogens is 218 g/mol. The number of anilines is 1. The lowest BCUT2D eigenvalue weighted by atomic mass is 10.2. The van der Waals surface area contributed by atoms with E-state index in [2.05, 4.69) is 22.2 Å². The summed E-state index contributed by atoms with van der Waals surface area (Å²) in [5.74, 6) is 0.266. The van der Waals surface area contributed by atoms with Crippen LogP contribution in [0.15, 0.2) is 6.20 Å². The first-order valence-electron chi connectivity index (χ1n) is 5.90. The third-order valence-corrected chi connectivity index (χ3v) is 2.38. The fourth-order valence-corrected chi connectivity index (χ4v) is 1.35. The van der Waals surface area contributed by atoms with E-state index in [1.54, 1.807) is 0 Å². The van der Waals surface area contributed by atoms with Gasteiger partial charge in [0.25, 0.3) is 0 Å². The first-order valence-corrected chi connectivity index (χ1v) is 5.90. The molecule has 5 heteroatoms. The van der Waals surface area contributed by atoms with E-state index >= 15 is 0 Å². The Balaban J connectivity index is 2.94. The number of hydrogen-bond acceptors (Lipinski definition) is 4. The summed E-state index contributed by atoms with van der Waals surface area (Å²) in [6.07, 6.45) is 3.41. The molecule has 0 radical (unpaired) electrons. The molecule has 0 spiro atoms. The highest BCUT2D eigenvalue weighted by atomic mass is 16.4. The maximum Gasteiger partial charge on any atom is 0.341 e. The lowest BCUT2D eigenvalue weighted by molar-refractivity contribution is 0.0697. The summed E-state index contributed by atoms with van der Waals surface area (Å²) in [7, 11) is 0. The first-order chi connectivity index (χ1) is 8.06. The average molecular weight is 237 g/mol. The molecule has 0 saturated carbocycles. The van der Waals surface area contributed by atoms with Crippen LogP contribution in [0.3, 0.4) is 0 Å². The third kappa shape index (κ3) is 3.69. The Bertz CT molecular complexity index is 391. The predicted octanol–water partition coefficient (Wildman–Crippen LogP) is 2.51. The Hall–Kier alpha value is -1.65. The number of carbonyl (C=O) groups is 1. The van der Waals surface area contributed by atoms with Crippen molar-refractivity contribution < 1.29 is 9.90 Å². The van der Waals surface area contributed by atoms with Gasteiger partial charge < -0.3 is 10.4 Å². The number of aromatic carboxylic acids is 1. The van der Waals surface area contributed by atoms with Crippen molar-refractivity contribution in [2.45, 2.75) is 39.5 Å². The van der Waals surface area contributed by atoms with Crippen molar-refractivity contribution in [3.63, 3.8) is 0 Å². The summed E-state index contributed by atoms with van der Waals surface area (Å²) in [6, 6.07) is 0. The van der Waals surface area contributed by atoms with E-state index in [0.717, 1.165) is 19.4 Å². The number of nitrogens with one attached hydrogen (secondary N) is 1. The number of carboxylic acid groups (broad SMARTS) is 1. The zero-order valence-corrected chi connectivity index (χ0v) is 10.5. The lowest BCUT2D eigenvalue weighted by Gasteiger charge is -2.10. The van der Waals surface area contributed by atoms with Gasteiger partial charge in [-0.25, -0.2) is 14.8 Å². The van der Waals surface area contributed by atoms with E-state index in [1.165, 1.54) is 6.20 Å². The number of carboxylic acids is 1. The summed E-state index contributed by atoms with van der Waals surface area (Å²) in [5.41, 5.74) is 0.130. The van der Waals surface area contributed by atoms with Crippen LogP contribution in [0.4, 0.5) is 5.82 Å². The van der Waals surface area contributed by atoms with Gasteiger partial charge >= 0.3 is 5.97 Å². The molecule has 0 aliphatic carbocycles. The second kappa shape index (κ2) is 6.18. The molecule has 1 heterocycles. The van der Waals surface area contributed by atoms with Gasteiger partial charge in [0.1, 0.15) is 17.2 Å². The Morgan fingerprint density at radius 1 is 1.53 bits per heavy atom. The van der Waals surface area contributed by atoms with Gasteiger partial charge in [0.15, 0.2) is 0 Å². The minimum atomic E-state index is -1.00. The van der Waals surface area contributed by atoms with Crippen LogP contribution in [0.1, 0.15) is 55.7 Å². The molecule has 0 amide bonds. The normalized spacial score (nSPS) is 10.6. The van der Waals surface area contributed by atoms with Gasteiger partial charge in [0.2, 0.25) is 0 Å². The molecule has 94 valence electrons. The van der Waals surface area contributed by atoms with Crippen molar-refractivity contribution >= 4 is 11.8 Å². The van der Waals surface area contributed by atoms with Crippen LogP contribution in [-0.4, -0.2) is 27.6 Å². The number of nitrogens with zero attached hydrogens (tertiary/aromatic N) is 2. The summed E-state index contributed by atoms with van der Waals surface area (Å²) in [4.78, 5) is 19.3. The van der Waals surface area contributed by atoms with Crippen LogP contribution in [0.5, 0.6) is 0 Å². The monoisotopic (exact) mass is 237 g/mol. The Morgan fingerprint density at radius 3 is 2.76 bits per heavy atom. The molecule has 1 aromatic heterocycles. The highest BCUT2D eigenvalue weighted by Gasteiger charge is 2.14. The van der Waals surface area contributed by atoms with Gasteiger partial charge in [-0.1, -0.05) is 27.2 Å². The van der Waals surface area contributed by atoms with Crippen molar-refractivity contribution in [2.75, 3.05) is 11.9 Å². The minimum Gasteiger partial charge on any atom is -0.477 e. The fraction of sp³-hybridized carbons (Fsp3) is 0.583. The molecule has 17 heavy (non-hydrogen) atoms. The topological polar surface area (TPSA) is 75.1 Å². The Morgan fingerprint density at radius 2 is 2.24 bits per heavy atom. The fourth-order valence-electron chi connectivity index (χ4n) is 1.35. The summed E-state index contributed by atoms with van der Waals surface area (Å²) in [5, 5.41) is 12.1. The van der Waals surface area contributed by atoms with Crippen LogP contribution in [-0.2, 0) is 0 Å². The van der Waals surface area contributed by atoms with Crippen LogP contribution in [0.2, 0.25) is 0 Å². The van der Waals surface area contributed by atoms with Gasteiger partial charge in [-0.05, 0) is 6.42 Å². The van der Waals surface area contributed by atoms with E-state index in [0.29, 0.717) is 11.6 Å². The Kier molecular flexibility index (Phi) is 4.87. The van der Waals surface area contributed by atoms with Crippen molar-refractivity contribution in [3.05, 3.63) is 17.6 Å². The van der Waals surface area contributed by atoms with E-state index in [9.17, 15) is 4.79 Å². The predicted molar refractivity (Wildman–Crippen MR) is 66.5 cm³/mol. The Labute approximate surface area is 101 Å². The summed E-state index contributed by atoms with van der Waals surface area (Å²) in [6.45, 7) is 6.77. The molecule has 1 aromatic rings. The molecule has 0 saturated heterocycles. The second-order valence-electron chi connectivity index (χ2n) is 4.23. The molecule has 5 nitrogen and oxygen atoms in total. The summed E-state index contributed by atoms with van der Waals surface area (Å²) < 4.78 is 0. The highest BCUT2D eigenvalue weighted by molar-refractivity contribution is 5.92. The number of rotatable bonds is 6. The zero-order valence-electron chi connectivity index (χ0n) is 10.5. The maximum atomic E-state index is 11.0. The van der Waals surface area contributed by atoms with Gasteiger partial charge in [-0.2, -0.15) is 0 Å². The molecule has 0 bridgehead atoms. The van der Waals surface area contributed by atoms with Crippen LogP contribution in [0, 0.1) is 0 Å². The van der Waals surface area contributed by atoms with E-state index in [1.807, 2.05) is 13.8 Å². The van der Waals surface area contributed by atoms with Gasteiger partial charge in [0.05, 0.1) is 0 Å². The third-order valence-electron chi connectivity index (χ3n) is 2.38. The largest absolute Gasteiger partial charge is 0.477 e. The minimum absolute atomic E-state index is 0.130. The molecule has 0 aromatic carbocycles. The SMILES string of the molecule is CCCCNc1nc(C(C)C)ncc1C(=O)O. The average Bonchev–Trinajstić information content (AvgIpc) is 2.28. The molecule has 1 rings (SSSR count). The van der Waals surface area contributed by atoms with Gasteiger partial charge in [0, 0.05) is 18.7 Å². The highest BCUT2D eigenvalue weighted by Crippen LogP contribution is 2.16. The second-order valence-corrected chi connectivity index (χ2v) is 4.23. The van der Waals surface area contributed by atoms with Crippen molar-refractivity contribution in [3.8, 4) is 0 Å². The number of aromatic nitrogens is 2. The number of hydrogen-bond donors (Lipinski definition) is 2. The van der Waals surface area contributed by atoms with E-state index < -0.39 is 5.97 Å². The molecule has 0 fully saturated rings. The van der Waals surface area contributed by atoms with Crippen LogP contribution >= 0.6 is 0 Å². The molecule has 0 aliphatic rings. The van der Waals surface area contributed by atoms with Gasteiger partial charge in [-0.15, -0.1) is 0 Å². The lowest BCUT2D eigenvalue weighted by Crippen LogP contribution is -2.12. The molecular formula is C12H19N3O2. The van der Waals surface area contributed by atoms with Crippen molar-refractivity contribution in [2.24, 2.45) is 0 Å². The molecule has 2 N–H and O–H groups in total. The molecule has 0 aliphatic heterocycles. The standard InChI is InChI=1S/C12H19N3O2/c1-4-5-6-13-11-9(12(16)17)7-14-10(15-11)8(2)3/h7-8H,4-6H2,1-3H3,(H,16,17)(H,13,14,15).